The van der Waals surface area contributed by atoms with E-state index in [-0.39, 0.29) is 37.5 Å². The van der Waals surface area contributed by atoms with Crippen LogP contribution < -0.4 is 5.73 Å². The quantitative estimate of drug-likeness (QED) is 0.562. The zero-order valence-electron chi connectivity index (χ0n) is 14.8. The van der Waals surface area contributed by atoms with Crippen LogP contribution in [0.25, 0.3) is 0 Å². The number of hydrogen-bond acceptors (Lipinski definition) is 8. The Kier molecular flexibility index (Phi) is 6.29. The lowest BCUT2D eigenvalue weighted by atomic mass is 9.97. The van der Waals surface area contributed by atoms with Crippen molar-refractivity contribution in [3.63, 3.8) is 0 Å². The van der Waals surface area contributed by atoms with Crippen molar-refractivity contribution in [3.8, 4) is 6.07 Å². The predicted molar refractivity (Wildman–Crippen MR) is 87.5 cm³/mol. The number of aromatic nitrogens is 4. The van der Waals surface area contributed by atoms with E-state index >= 15 is 0 Å². The average Bonchev–Trinajstić information content (AvgIpc) is 3.00. The fraction of sp³-hybridized carbons (Fsp3) is 0.714. The van der Waals surface area contributed by atoms with Crippen molar-refractivity contribution in [2.75, 3.05) is 26.2 Å². The van der Waals surface area contributed by atoms with Crippen LogP contribution in [-0.2, 0) is 16.6 Å². The number of nitrogens with two attached hydrogens (primary N) is 1. The topological polar surface area (TPSA) is 154 Å². The molecule has 0 radical (unpaired) electrons. The van der Waals surface area contributed by atoms with E-state index in [1.165, 1.54) is 11.6 Å². The minimum atomic E-state index is -0.527. The van der Waals surface area contributed by atoms with Gasteiger partial charge in [0.05, 0.1) is 42.6 Å². The number of rotatable bonds is 7. The van der Waals surface area contributed by atoms with Gasteiger partial charge >= 0.3 is 5.95 Å². The third-order valence-electron chi connectivity index (χ3n) is 4.38. The molecule has 1 aromatic rings. The molecule has 26 heavy (non-hydrogen) atoms. The zero-order valence-corrected chi connectivity index (χ0v) is 14.8. The number of primary amides is 1. The third-order valence-corrected chi connectivity index (χ3v) is 4.38. The van der Waals surface area contributed by atoms with Gasteiger partial charge in [0, 0.05) is 24.7 Å². The molecule has 2 rings (SSSR count). The first-order valence-electron chi connectivity index (χ1n) is 8.19. The Morgan fingerprint density at radius 2 is 2.19 bits per heavy atom. The molecule has 0 spiro atoms. The molecule has 1 aromatic heterocycles. The summed E-state index contributed by atoms with van der Waals surface area (Å²) >= 11 is 0. The summed E-state index contributed by atoms with van der Waals surface area (Å²) in [6.07, 6.45) is 1.13. The maximum Gasteiger partial charge on any atom is 0.479 e. The summed E-state index contributed by atoms with van der Waals surface area (Å²) in [5.41, 5.74) is 5.25. The van der Waals surface area contributed by atoms with Crippen LogP contribution >= 0.6 is 0 Å². The number of tetrazole rings is 1. The van der Waals surface area contributed by atoms with Gasteiger partial charge in [0.2, 0.25) is 11.8 Å². The van der Waals surface area contributed by atoms with Crippen LogP contribution in [0.15, 0.2) is 0 Å². The summed E-state index contributed by atoms with van der Waals surface area (Å²) in [4.78, 5) is 38.7. The number of piperidine rings is 1. The first kappa shape index (κ1) is 19.4. The summed E-state index contributed by atoms with van der Waals surface area (Å²) in [5, 5.41) is 19.9. The lowest BCUT2D eigenvalue weighted by Crippen LogP contribution is -2.55. The molecule has 0 unspecified atom stereocenters. The van der Waals surface area contributed by atoms with Crippen molar-refractivity contribution in [1.29, 1.82) is 5.26 Å². The van der Waals surface area contributed by atoms with Crippen LogP contribution in [0, 0.1) is 16.2 Å². The van der Waals surface area contributed by atoms with Crippen molar-refractivity contribution < 1.29 is 14.3 Å². The number of aryl methyl sites for hydroxylation is 1. The molecule has 0 saturated carbocycles. The first-order valence-corrected chi connectivity index (χ1v) is 8.19. The highest BCUT2D eigenvalue weighted by Crippen LogP contribution is 2.21. The highest BCUT2D eigenvalue weighted by molar-refractivity contribution is 5.76. The Morgan fingerprint density at radius 1 is 1.46 bits per heavy atom. The second-order valence-corrected chi connectivity index (χ2v) is 6.19. The van der Waals surface area contributed by atoms with Crippen molar-refractivity contribution in [2.45, 2.75) is 31.8 Å². The summed E-state index contributed by atoms with van der Waals surface area (Å²) < 4.78 is 1.87. The number of nitroso groups, excluding NO2 is 1. The van der Waals surface area contributed by atoms with E-state index in [0.29, 0.717) is 24.1 Å². The first-order chi connectivity index (χ1) is 12.3. The SMILES string of the molecule is CC(=O)N(CC[N+](=O)c1nnnn1C)[C@@H]1CC[C@@H](C#N)N(CC(N)=O)C1. The number of carbonyl (C=O) groups excluding carboxylic acids is 2. The monoisotopic (exact) mass is 364 g/mol. The van der Waals surface area contributed by atoms with E-state index in [4.69, 9.17) is 5.73 Å². The van der Waals surface area contributed by atoms with E-state index in [2.05, 4.69) is 21.6 Å². The zero-order chi connectivity index (χ0) is 19.3. The maximum absolute atomic E-state index is 12.1. The number of nitriles is 1. The van der Waals surface area contributed by atoms with Crippen LogP contribution in [-0.4, -0.2) is 84.8 Å². The highest BCUT2D eigenvalue weighted by atomic mass is 16.3. The van der Waals surface area contributed by atoms with Gasteiger partial charge in [-0.25, -0.2) is 0 Å². The van der Waals surface area contributed by atoms with E-state index in [9.17, 15) is 19.8 Å². The Labute approximate surface area is 150 Å². The fourth-order valence-electron chi connectivity index (χ4n) is 3.13. The highest BCUT2D eigenvalue weighted by Gasteiger charge is 2.34. The molecule has 140 valence electrons. The van der Waals surface area contributed by atoms with Gasteiger partial charge in [0.1, 0.15) is 6.54 Å². The molecular formula is C14H22N9O3+. The molecule has 12 nitrogen and oxygen atoms in total. The number of likely N-dealkylation sites (tertiary alicyclic amines) is 1. The Balaban J connectivity index is 2.03. The molecule has 1 aliphatic rings. The van der Waals surface area contributed by atoms with Crippen LogP contribution in [0.4, 0.5) is 5.95 Å². The van der Waals surface area contributed by atoms with Gasteiger partial charge in [-0.1, -0.05) is 4.91 Å². The van der Waals surface area contributed by atoms with Crippen molar-refractivity contribution in [3.05, 3.63) is 4.91 Å². The summed E-state index contributed by atoms with van der Waals surface area (Å²) in [6, 6.07) is 1.54. The minimum Gasteiger partial charge on any atom is -0.369 e. The third kappa shape index (κ3) is 4.57. The largest absolute Gasteiger partial charge is 0.479 e. The van der Waals surface area contributed by atoms with Crippen LogP contribution in [0.3, 0.4) is 0 Å². The van der Waals surface area contributed by atoms with Crippen molar-refractivity contribution >= 4 is 17.8 Å². The van der Waals surface area contributed by atoms with E-state index < -0.39 is 11.9 Å². The molecule has 0 aromatic carbocycles. The van der Waals surface area contributed by atoms with Crippen molar-refractivity contribution in [2.24, 2.45) is 12.8 Å². The number of hydrogen-bond donors (Lipinski definition) is 1. The van der Waals surface area contributed by atoms with Gasteiger partial charge in [-0.05, 0) is 17.6 Å². The molecule has 12 heteroatoms. The standard InChI is InChI=1S/C14H21N9O3/c1-10(24)22(5-6-23(26)14-17-18-19-20(14)2)12-4-3-11(7-15)21(8-12)9-13(16)25/h11-12H,3-6,8-9H2,1-2H3,(H-,16,25)/p+1/t11-,12+/m0/s1. The normalized spacial score (nSPS) is 20.3. The van der Waals surface area contributed by atoms with Gasteiger partial charge < -0.3 is 10.6 Å². The smallest absolute Gasteiger partial charge is 0.369 e. The molecule has 0 bridgehead atoms. The fourth-order valence-corrected chi connectivity index (χ4v) is 3.13. The van der Waals surface area contributed by atoms with Crippen LogP contribution in [0.5, 0.6) is 0 Å². The van der Waals surface area contributed by atoms with Gasteiger partial charge in [-0.3, -0.25) is 14.5 Å². The maximum atomic E-state index is 12.1. The van der Waals surface area contributed by atoms with Gasteiger partial charge in [0.25, 0.3) is 0 Å². The van der Waals surface area contributed by atoms with E-state index in [1.807, 2.05) is 0 Å². The average molecular weight is 364 g/mol. The number of carbonyl (C=O) groups is 2. The minimum absolute atomic E-state index is 0.00178. The van der Waals surface area contributed by atoms with Gasteiger partial charge in [-0.2, -0.15) is 5.26 Å². The Bertz CT molecular complexity index is 725. The number of nitrogens with zero attached hydrogens (tertiary/aromatic N) is 8. The molecule has 2 atom stereocenters. The molecule has 2 N–H and O–H groups in total. The predicted octanol–water partition coefficient (Wildman–Crippen LogP) is -1.69. The molecule has 2 amide bonds. The van der Waals surface area contributed by atoms with Gasteiger partial charge in [-0.15, -0.1) is 4.68 Å². The Morgan fingerprint density at radius 3 is 2.73 bits per heavy atom. The summed E-state index contributed by atoms with van der Waals surface area (Å²) in [5.74, 6) is -0.660. The molecule has 1 saturated heterocycles. The second-order valence-electron chi connectivity index (χ2n) is 6.19. The molecule has 1 aliphatic heterocycles. The second kappa shape index (κ2) is 8.43. The molecule has 0 aliphatic carbocycles. The Hall–Kier alpha value is -2.94. The molecule has 1 fully saturated rings. The lowest BCUT2D eigenvalue weighted by Gasteiger charge is -2.40. The molecule has 2 heterocycles. The van der Waals surface area contributed by atoms with E-state index in [0.717, 1.165) is 0 Å². The van der Waals surface area contributed by atoms with Crippen LogP contribution in [0.1, 0.15) is 19.8 Å². The van der Waals surface area contributed by atoms with Crippen LogP contribution in [0.2, 0.25) is 0 Å². The summed E-state index contributed by atoms with van der Waals surface area (Å²) in [6.45, 7) is 1.91. The summed E-state index contributed by atoms with van der Waals surface area (Å²) in [7, 11) is 1.55. The molecular weight excluding hydrogens is 342 g/mol. The van der Waals surface area contributed by atoms with Crippen molar-refractivity contribution in [1.82, 2.24) is 30.0 Å². The van der Waals surface area contributed by atoms with Gasteiger partial charge in [0.15, 0.2) is 0 Å². The van der Waals surface area contributed by atoms with E-state index in [1.54, 1.807) is 16.8 Å². The lowest BCUT2D eigenvalue weighted by molar-refractivity contribution is -0.473. The number of amides is 2.